The van der Waals surface area contributed by atoms with Crippen LogP contribution in [-0.4, -0.2) is 55.4 Å². The Morgan fingerprint density at radius 2 is 1.70 bits per heavy atom. The van der Waals surface area contributed by atoms with Gasteiger partial charge in [-0.1, -0.05) is 35.9 Å². The van der Waals surface area contributed by atoms with Crippen molar-refractivity contribution in [2.75, 3.05) is 32.8 Å². The fourth-order valence-electron chi connectivity index (χ4n) is 4.21. The minimum absolute atomic E-state index is 0.127. The Hall–Kier alpha value is -4.20. The van der Waals surface area contributed by atoms with E-state index in [0.717, 1.165) is 11.1 Å². The van der Waals surface area contributed by atoms with E-state index in [0.29, 0.717) is 42.0 Å². The lowest BCUT2D eigenvalue weighted by molar-refractivity contribution is -0.121. The zero-order chi connectivity index (χ0) is 26.2. The second-order valence-electron chi connectivity index (χ2n) is 8.94. The first-order valence-corrected chi connectivity index (χ1v) is 12.3. The van der Waals surface area contributed by atoms with Crippen LogP contribution in [0.4, 0.5) is 4.39 Å². The third-order valence-corrected chi connectivity index (χ3v) is 6.12. The van der Waals surface area contributed by atoms with Gasteiger partial charge in [-0.3, -0.25) is 14.4 Å². The van der Waals surface area contributed by atoms with E-state index < -0.39 is 0 Å². The summed E-state index contributed by atoms with van der Waals surface area (Å²) in [6.07, 6.45) is 0.727. The summed E-state index contributed by atoms with van der Waals surface area (Å²) in [6, 6.07) is 18.6. The number of rotatable bonds is 2. The zero-order valence-corrected chi connectivity index (χ0v) is 20.8. The van der Waals surface area contributed by atoms with Crippen molar-refractivity contribution in [3.05, 3.63) is 89.2 Å². The summed E-state index contributed by atoms with van der Waals surface area (Å²) in [5, 5.41) is 5.70. The van der Waals surface area contributed by atoms with Crippen LogP contribution >= 0.6 is 0 Å². The molecule has 0 unspecified atom stereocenters. The van der Waals surface area contributed by atoms with Crippen LogP contribution in [0.2, 0.25) is 0 Å². The number of fused-ring (bicyclic) bond motifs is 1. The Bertz CT molecular complexity index is 1290. The molecule has 0 spiro atoms. The van der Waals surface area contributed by atoms with Gasteiger partial charge in [0.1, 0.15) is 18.2 Å². The molecule has 0 saturated heterocycles. The molecule has 0 atom stereocenters. The normalized spacial score (nSPS) is 15.4. The summed E-state index contributed by atoms with van der Waals surface area (Å²) < 4.78 is 19.5. The first-order chi connectivity index (χ1) is 17.9. The van der Waals surface area contributed by atoms with Crippen molar-refractivity contribution in [1.29, 1.82) is 0 Å². The topological polar surface area (TPSA) is 87.7 Å². The SMILES string of the molecule is Cc1ccc2c(c1)C(=O)NCCN(C(=O)c1cccc(-c3cccc(F)c3)c1)CCCC(=O)NCCO2. The highest BCUT2D eigenvalue weighted by Gasteiger charge is 2.19. The van der Waals surface area contributed by atoms with Crippen LogP contribution in [0.25, 0.3) is 11.1 Å². The summed E-state index contributed by atoms with van der Waals surface area (Å²) in [6.45, 7) is 3.27. The molecule has 3 aromatic carbocycles. The van der Waals surface area contributed by atoms with Crippen molar-refractivity contribution >= 4 is 17.7 Å². The number of nitrogens with one attached hydrogen (secondary N) is 2. The van der Waals surface area contributed by atoms with E-state index in [1.54, 1.807) is 47.4 Å². The van der Waals surface area contributed by atoms with Gasteiger partial charge < -0.3 is 20.3 Å². The highest BCUT2D eigenvalue weighted by molar-refractivity contribution is 5.97. The maximum atomic E-state index is 13.7. The minimum atomic E-state index is -0.351. The number of hydrogen-bond acceptors (Lipinski definition) is 4. The van der Waals surface area contributed by atoms with Gasteiger partial charge in [0.25, 0.3) is 11.8 Å². The van der Waals surface area contributed by atoms with Gasteiger partial charge in [0, 0.05) is 31.6 Å². The molecule has 7 nitrogen and oxygen atoms in total. The Kier molecular flexibility index (Phi) is 8.51. The smallest absolute Gasteiger partial charge is 0.255 e. The van der Waals surface area contributed by atoms with E-state index in [1.807, 2.05) is 19.1 Å². The quantitative estimate of drug-likeness (QED) is 0.554. The van der Waals surface area contributed by atoms with Gasteiger partial charge in [0.15, 0.2) is 0 Å². The van der Waals surface area contributed by atoms with E-state index in [4.69, 9.17) is 4.74 Å². The zero-order valence-electron chi connectivity index (χ0n) is 20.8. The second-order valence-corrected chi connectivity index (χ2v) is 8.94. The lowest BCUT2D eigenvalue weighted by Gasteiger charge is -2.23. The lowest BCUT2D eigenvalue weighted by atomic mass is 10.0. The average molecular weight is 504 g/mol. The first-order valence-electron chi connectivity index (χ1n) is 12.3. The van der Waals surface area contributed by atoms with Gasteiger partial charge in [0.2, 0.25) is 5.91 Å². The minimum Gasteiger partial charge on any atom is -0.491 e. The highest BCUT2D eigenvalue weighted by atomic mass is 19.1. The number of aryl methyl sites for hydroxylation is 1. The number of carbonyl (C=O) groups excluding carboxylic acids is 3. The van der Waals surface area contributed by atoms with Crippen molar-refractivity contribution in [2.24, 2.45) is 0 Å². The molecule has 0 saturated carbocycles. The number of amides is 3. The first kappa shape index (κ1) is 25.9. The Labute approximate surface area is 215 Å². The number of ether oxygens (including phenoxy) is 1. The molecule has 2 N–H and O–H groups in total. The molecule has 4 rings (SSSR count). The fraction of sp³-hybridized carbons (Fsp3) is 0.276. The number of hydrogen-bond donors (Lipinski definition) is 2. The third kappa shape index (κ3) is 6.94. The van der Waals surface area contributed by atoms with Crippen LogP contribution in [0.3, 0.4) is 0 Å². The summed E-state index contributed by atoms with van der Waals surface area (Å²) in [5.41, 5.74) is 3.17. The van der Waals surface area contributed by atoms with Crippen molar-refractivity contribution in [2.45, 2.75) is 19.8 Å². The van der Waals surface area contributed by atoms with E-state index >= 15 is 0 Å². The average Bonchev–Trinajstić information content (AvgIpc) is 2.90. The Balaban J connectivity index is 1.54. The maximum Gasteiger partial charge on any atom is 0.255 e. The molecular formula is C29H30FN3O4. The van der Waals surface area contributed by atoms with E-state index in [1.165, 1.54) is 12.1 Å². The van der Waals surface area contributed by atoms with E-state index in [2.05, 4.69) is 10.6 Å². The van der Waals surface area contributed by atoms with Crippen molar-refractivity contribution in [3.63, 3.8) is 0 Å². The van der Waals surface area contributed by atoms with Crippen LogP contribution in [0.5, 0.6) is 5.75 Å². The molecule has 1 heterocycles. The molecule has 3 amide bonds. The second kappa shape index (κ2) is 12.2. The lowest BCUT2D eigenvalue weighted by Crippen LogP contribution is -2.39. The summed E-state index contributed by atoms with van der Waals surface area (Å²) in [7, 11) is 0. The van der Waals surface area contributed by atoms with Crippen molar-refractivity contribution < 1.29 is 23.5 Å². The number of halogens is 1. The van der Waals surface area contributed by atoms with Gasteiger partial charge in [-0.2, -0.15) is 0 Å². The summed E-state index contributed by atoms with van der Waals surface area (Å²) >= 11 is 0. The highest BCUT2D eigenvalue weighted by Crippen LogP contribution is 2.23. The Morgan fingerprint density at radius 3 is 2.51 bits per heavy atom. The molecule has 1 aliphatic heterocycles. The Morgan fingerprint density at radius 1 is 0.919 bits per heavy atom. The predicted octanol–water partition coefficient (Wildman–Crippen LogP) is 3.96. The molecule has 1 aliphatic rings. The van der Waals surface area contributed by atoms with Gasteiger partial charge in [-0.05, 0) is 60.9 Å². The molecule has 37 heavy (non-hydrogen) atoms. The molecule has 0 aromatic heterocycles. The van der Waals surface area contributed by atoms with Gasteiger partial charge >= 0.3 is 0 Å². The van der Waals surface area contributed by atoms with Gasteiger partial charge in [-0.15, -0.1) is 0 Å². The van der Waals surface area contributed by atoms with Crippen molar-refractivity contribution in [3.8, 4) is 16.9 Å². The van der Waals surface area contributed by atoms with Crippen molar-refractivity contribution in [1.82, 2.24) is 15.5 Å². The summed E-state index contributed by atoms with van der Waals surface area (Å²) in [4.78, 5) is 40.3. The molecule has 0 fully saturated rings. The van der Waals surface area contributed by atoms with Crippen LogP contribution in [-0.2, 0) is 4.79 Å². The number of benzene rings is 3. The molecular weight excluding hydrogens is 473 g/mol. The van der Waals surface area contributed by atoms with Gasteiger partial charge in [0.05, 0.1) is 12.1 Å². The largest absolute Gasteiger partial charge is 0.491 e. The molecule has 8 heteroatoms. The molecule has 192 valence electrons. The number of carbonyl (C=O) groups is 3. The summed E-state index contributed by atoms with van der Waals surface area (Å²) in [5.74, 6) is -0.558. The van der Waals surface area contributed by atoms with Crippen LogP contribution in [0.1, 0.15) is 39.1 Å². The number of nitrogens with zero attached hydrogens (tertiary/aromatic N) is 1. The predicted molar refractivity (Wildman–Crippen MR) is 139 cm³/mol. The molecule has 0 radical (unpaired) electrons. The monoisotopic (exact) mass is 503 g/mol. The van der Waals surface area contributed by atoms with Crippen LogP contribution in [0, 0.1) is 12.7 Å². The fourth-order valence-corrected chi connectivity index (χ4v) is 4.21. The maximum absolute atomic E-state index is 13.7. The van der Waals surface area contributed by atoms with E-state index in [9.17, 15) is 18.8 Å². The molecule has 3 aromatic rings. The molecule has 0 aliphatic carbocycles. The van der Waals surface area contributed by atoms with Crippen LogP contribution < -0.4 is 15.4 Å². The standard InChI is InChI=1S/C29H30FN3O4/c1-20-10-11-26-25(17-20)28(35)32-12-15-33(14-4-9-27(34)31-13-16-37-26)29(36)23-7-2-5-21(18-23)22-6-3-8-24(30)19-22/h2-3,5-8,10-11,17-19H,4,9,12-16H2,1H3,(H,31,34)(H,32,35). The molecule has 0 bridgehead atoms. The van der Waals surface area contributed by atoms with E-state index in [-0.39, 0.29) is 49.7 Å². The van der Waals surface area contributed by atoms with Crippen LogP contribution in [0.15, 0.2) is 66.7 Å². The third-order valence-electron chi connectivity index (χ3n) is 6.12. The van der Waals surface area contributed by atoms with Gasteiger partial charge in [-0.25, -0.2) is 4.39 Å².